The number of pyridine rings is 2. The quantitative estimate of drug-likeness (QED) is 0.508. The highest BCUT2D eigenvalue weighted by Gasteiger charge is 2.17. The van der Waals surface area contributed by atoms with Crippen molar-refractivity contribution in [2.45, 2.75) is 20.4 Å². The Labute approximate surface area is 180 Å². The van der Waals surface area contributed by atoms with Gasteiger partial charge in [-0.25, -0.2) is 4.98 Å². The first-order valence-corrected chi connectivity index (χ1v) is 10.1. The Morgan fingerprint density at radius 2 is 1.81 bits per heavy atom. The van der Waals surface area contributed by atoms with Gasteiger partial charge >= 0.3 is 0 Å². The Hall–Kier alpha value is -3.93. The second-order valence-electron chi connectivity index (χ2n) is 7.26. The molecule has 156 valence electrons. The highest BCUT2D eigenvalue weighted by molar-refractivity contribution is 6.05. The molecule has 2 aromatic heterocycles. The predicted molar refractivity (Wildman–Crippen MR) is 122 cm³/mol. The number of hydrogen-bond acceptors (Lipinski definition) is 4. The number of benzene rings is 2. The highest BCUT2D eigenvalue weighted by Crippen LogP contribution is 2.18. The Bertz CT molecular complexity index is 1280. The lowest BCUT2D eigenvalue weighted by Crippen LogP contribution is -2.30. The number of fused-ring (bicyclic) bond motifs is 1. The number of nitrogens with one attached hydrogen (secondary N) is 1. The zero-order valence-electron chi connectivity index (χ0n) is 17.5. The van der Waals surface area contributed by atoms with E-state index in [4.69, 9.17) is 4.74 Å². The van der Waals surface area contributed by atoms with Crippen LogP contribution in [0, 0.1) is 6.92 Å². The van der Waals surface area contributed by atoms with Gasteiger partial charge < -0.3 is 10.1 Å². The molecule has 0 radical (unpaired) electrons. The van der Waals surface area contributed by atoms with Crippen LogP contribution in [0.2, 0.25) is 0 Å². The van der Waals surface area contributed by atoms with Crippen LogP contribution >= 0.6 is 0 Å². The summed E-state index contributed by atoms with van der Waals surface area (Å²) in [6.45, 7) is 4.82. The summed E-state index contributed by atoms with van der Waals surface area (Å²) < 4.78 is 6.97. The number of carbonyl (C=O) groups is 1. The third kappa shape index (κ3) is 4.48. The SMILES string of the molecule is CCOc1ccc(NC(=O)c2cc3cccnc3n(Cc3ccc(C)cc3)c2=O)cc1. The van der Waals surface area contributed by atoms with Crippen molar-refractivity contribution in [1.29, 1.82) is 0 Å². The van der Waals surface area contributed by atoms with Crippen LogP contribution < -0.4 is 15.6 Å². The first-order valence-electron chi connectivity index (χ1n) is 10.1. The fraction of sp³-hybridized carbons (Fsp3) is 0.160. The van der Waals surface area contributed by atoms with E-state index in [1.807, 2.05) is 44.2 Å². The molecule has 1 N–H and O–H groups in total. The normalized spacial score (nSPS) is 10.8. The van der Waals surface area contributed by atoms with E-state index in [9.17, 15) is 9.59 Å². The smallest absolute Gasteiger partial charge is 0.265 e. The summed E-state index contributed by atoms with van der Waals surface area (Å²) in [5.41, 5.74) is 2.93. The minimum Gasteiger partial charge on any atom is -0.494 e. The molecule has 0 aliphatic rings. The van der Waals surface area contributed by atoms with Gasteiger partial charge in [-0.1, -0.05) is 29.8 Å². The Kier molecular flexibility index (Phi) is 5.80. The van der Waals surface area contributed by atoms with Crippen molar-refractivity contribution in [3.05, 3.63) is 100.0 Å². The van der Waals surface area contributed by atoms with Crippen LogP contribution in [-0.2, 0) is 6.54 Å². The molecule has 0 bridgehead atoms. The Morgan fingerprint density at radius 3 is 2.52 bits per heavy atom. The molecule has 0 spiro atoms. The molecule has 0 unspecified atom stereocenters. The molecule has 0 atom stereocenters. The molecule has 0 fully saturated rings. The number of aryl methyl sites for hydroxylation is 1. The lowest BCUT2D eigenvalue weighted by Gasteiger charge is -2.13. The van der Waals surface area contributed by atoms with Crippen LogP contribution in [0.15, 0.2) is 77.7 Å². The average molecular weight is 413 g/mol. The maximum Gasteiger partial charge on any atom is 0.265 e. The van der Waals surface area contributed by atoms with Gasteiger partial charge in [0.15, 0.2) is 0 Å². The molecule has 6 nitrogen and oxygen atoms in total. The maximum absolute atomic E-state index is 13.3. The van der Waals surface area contributed by atoms with Gasteiger partial charge in [0.25, 0.3) is 11.5 Å². The number of aromatic nitrogens is 2. The largest absolute Gasteiger partial charge is 0.494 e. The molecular weight excluding hydrogens is 390 g/mol. The zero-order chi connectivity index (χ0) is 21.8. The third-order valence-electron chi connectivity index (χ3n) is 4.98. The summed E-state index contributed by atoms with van der Waals surface area (Å²) in [5.74, 6) is 0.260. The molecular formula is C25H23N3O3. The summed E-state index contributed by atoms with van der Waals surface area (Å²) in [4.78, 5) is 30.6. The number of rotatable bonds is 6. The van der Waals surface area contributed by atoms with Gasteiger partial charge in [-0.2, -0.15) is 0 Å². The number of nitrogens with zero attached hydrogens (tertiary/aromatic N) is 2. The number of anilines is 1. The molecule has 4 aromatic rings. The van der Waals surface area contributed by atoms with Crippen molar-refractivity contribution in [2.24, 2.45) is 0 Å². The van der Waals surface area contributed by atoms with Gasteiger partial charge in [-0.05, 0) is 61.9 Å². The molecule has 1 amide bonds. The number of ether oxygens (including phenoxy) is 1. The Morgan fingerprint density at radius 1 is 1.06 bits per heavy atom. The van der Waals surface area contributed by atoms with Gasteiger partial charge in [0, 0.05) is 17.3 Å². The summed E-state index contributed by atoms with van der Waals surface area (Å²) in [6, 6.07) is 20.2. The highest BCUT2D eigenvalue weighted by atomic mass is 16.5. The minimum atomic E-state index is -0.461. The van der Waals surface area contributed by atoms with Gasteiger partial charge in [0.05, 0.1) is 13.2 Å². The van der Waals surface area contributed by atoms with Crippen molar-refractivity contribution in [3.8, 4) is 5.75 Å². The van der Waals surface area contributed by atoms with E-state index in [1.165, 1.54) is 0 Å². The lowest BCUT2D eigenvalue weighted by atomic mass is 10.1. The summed E-state index contributed by atoms with van der Waals surface area (Å²) >= 11 is 0. The summed E-state index contributed by atoms with van der Waals surface area (Å²) in [7, 11) is 0. The van der Waals surface area contributed by atoms with E-state index in [-0.39, 0.29) is 11.1 Å². The van der Waals surface area contributed by atoms with E-state index < -0.39 is 5.91 Å². The molecule has 2 aromatic carbocycles. The van der Waals surface area contributed by atoms with E-state index in [2.05, 4.69) is 10.3 Å². The molecule has 4 rings (SSSR count). The van der Waals surface area contributed by atoms with Crippen molar-refractivity contribution in [3.63, 3.8) is 0 Å². The zero-order valence-corrected chi connectivity index (χ0v) is 17.5. The monoisotopic (exact) mass is 413 g/mol. The van der Waals surface area contributed by atoms with Crippen LogP contribution in [0.3, 0.4) is 0 Å². The van der Waals surface area contributed by atoms with E-state index in [0.29, 0.717) is 24.5 Å². The van der Waals surface area contributed by atoms with E-state index in [1.54, 1.807) is 47.2 Å². The van der Waals surface area contributed by atoms with Crippen LogP contribution in [0.5, 0.6) is 5.75 Å². The molecule has 31 heavy (non-hydrogen) atoms. The third-order valence-corrected chi connectivity index (χ3v) is 4.98. The Balaban J connectivity index is 1.70. The van der Waals surface area contributed by atoms with E-state index in [0.717, 1.165) is 22.3 Å². The van der Waals surface area contributed by atoms with Crippen LogP contribution in [0.4, 0.5) is 5.69 Å². The second-order valence-corrected chi connectivity index (χ2v) is 7.26. The van der Waals surface area contributed by atoms with Crippen molar-refractivity contribution in [2.75, 3.05) is 11.9 Å². The predicted octanol–water partition coefficient (Wildman–Crippen LogP) is 4.40. The molecule has 0 saturated carbocycles. The number of hydrogen-bond donors (Lipinski definition) is 1. The minimum absolute atomic E-state index is 0.0708. The van der Waals surface area contributed by atoms with Crippen molar-refractivity contribution >= 4 is 22.6 Å². The lowest BCUT2D eigenvalue weighted by molar-refractivity contribution is 0.102. The van der Waals surface area contributed by atoms with Crippen molar-refractivity contribution in [1.82, 2.24) is 9.55 Å². The summed E-state index contributed by atoms with van der Waals surface area (Å²) in [5, 5.41) is 3.53. The topological polar surface area (TPSA) is 73.2 Å². The fourth-order valence-electron chi connectivity index (χ4n) is 3.39. The summed E-state index contributed by atoms with van der Waals surface area (Å²) in [6.07, 6.45) is 1.65. The molecule has 0 saturated heterocycles. The van der Waals surface area contributed by atoms with Gasteiger partial charge in [0.2, 0.25) is 0 Å². The van der Waals surface area contributed by atoms with Gasteiger partial charge in [-0.15, -0.1) is 0 Å². The molecule has 2 heterocycles. The van der Waals surface area contributed by atoms with E-state index >= 15 is 0 Å². The number of amides is 1. The molecule has 6 heteroatoms. The first kappa shape index (κ1) is 20.3. The van der Waals surface area contributed by atoms with Crippen LogP contribution in [0.1, 0.15) is 28.4 Å². The standard InChI is InChI=1S/C25H23N3O3/c1-3-31-21-12-10-20(11-13-21)27-24(29)22-15-19-5-4-14-26-23(19)28(25(22)30)16-18-8-6-17(2)7-9-18/h4-15H,3,16H2,1-2H3,(H,27,29). The second kappa shape index (κ2) is 8.83. The first-order chi connectivity index (χ1) is 15.0. The van der Waals surface area contributed by atoms with Crippen LogP contribution in [0.25, 0.3) is 11.0 Å². The average Bonchev–Trinajstić information content (AvgIpc) is 2.78. The number of carbonyl (C=O) groups excluding carboxylic acids is 1. The molecule has 0 aliphatic carbocycles. The maximum atomic E-state index is 13.3. The fourth-order valence-corrected chi connectivity index (χ4v) is 3.39. The van der Waals surface area contributed by atoms with Crippen molar-refractivity contribution < 1.29 is 9.53 Å². The van der Waals surface area contributed by atoms with Crippen LogP contribution in [-0.4, -0.2) is 22.1 Å². The molecule has 0 aliphatic heterocycles. The van der Waals surface area contributed by atoms with Gasteiger partial charge in [-0.3, -0.25) is 14.2 Å². The van der Waals surface area contributed by atoms with Gasteiger partial charge in [0.1, 0.15) is 17.0 Å².